The van der Waals surface area contributed by atoms with E-state index in [4.69, 9.17) is 0 Å². The standard InChI is InChI=1S/C6H7N.3C4H9.HI.Sn/c1-7-5-3-2-4-6-7;3*1-3-4-2;;/h2-3,5-6H,1H3;3*1,3-4H2,2H3;1H;/q+1;;;;;/p-1. The molecule has 0 amide bonds. The minimum atomic E-state index is -2.16. The van der Waals surface area contributed by atoms with Crippen LogP contribution in [0.2, 0.25) is 13.3 Å². The first-order chi connectivity index (χ1) is 9.68. The molecule has 1 heterocycles. The first kappa shape index (κ1) is 21.7. The van der Waals surface area contributed by atoms with E-state index in [9.17, 15) is 0 Å². The van der Waals surface area contributed by atoms with Crippen molar-refractivity contribution in [3.63, 3.8) is 0 Å². The molecular weight excluding hydrogens is 476 g/mol. The summed E-state index contributed by atoms with van der Waals surface area (Å²) in [6, 6.07) is 4.72. The van der Waals surface area contributed by atoms with E-state index in [1.54, 1.807) is 16.9 Å². The maximum absolute atomic E-state index is 2.46. The van der Waals surface area contributed by atoms with Crippen LogP contribution in [-0.4, -0.2) is 18.4 Å². The molecule has 1 aromatic rings. The molecular formula is C18H34INSn. The summed E-state index contributed by atoms with van der Waals surface area (Å²) in [5.74, 6) is 0. The van der Waals surface area contributed by atoms with Crippen LogP contribution in [-0.2, 0) is 7.05 Å². The van der Waals surface area contributed by atoms with Crippen molar-refractivity contribution in [2.75, 3.05) is 0 Å². The van der Waals surface area contributed by atoms with Gasteiger partial charge in [-0.05, 0) is 0 Å². The van der Waals surface area contributed by atoms with Crippen molar-refractivity contribution in [1.82, 2.24) is 0 Å². The number of aromatic nitrogens is 1. The van der Waals surface area contributed by atoms with E-state index in [2.05, 4.69) is 56.9 Å². The molecule has 1 aromatic heterocycles. The van der Waals surface area contributed by atoms with Gasteiger partial charge in [-0.1, -0.05) is 0 Å². The number of nitrogens with zero attached hydrogens (tertiary/aromatic N) is 1. The van der Waals surface area contributed by atoms with Gasteiger partial charge in [0.25, 0.3) is 0 Å². The topological polar surface area (TPSA) is 3.88 Å². The zero-order chi connectivity index (χ0) is 14.8. The van der Waals surface area contributed by atoms with E-state index in [-0.39, 0.29) is 24.0 Å². The molecule has 0 saturated heterocycles. The van der Waals surface area contributed by atoms with Crippen molar-refractivity contribution in [2.45, 2.75) is 72.6 Å². The quantitative estimate of drug-likeness (QED) is 0.256. The average Bonchev–Trinajstić information content (AvgIpc) is 2.47. The number of hydrogen-bond acceptors (Lipinski definition) is 0. The van der Waals surface area contributed by atoms with E-state index in [0.29, 0.717) is 0 Å². The van der Waals surface area contributed by atoms with Crippen molar-refractivity contribution in [3.05, 3.63) is 24.5 Å². The van der Waals surface area contributed by atoms with Crippen LogP contribution in [0.3, 0.4) is 0 Å². The molecule has 0 radical (unpaired) electrons. The van der Waals surface area contributed by atoms with Gasteiger partial charge >= 0.3 is 131 Å². The van der Waals surface area contributed by atoms with E-state index >= 15 is 0 Å². The van der Waals surface area contributed by atoms with Crippen LogP contribution in [0.15, 0.2) is 24.5 Å². The molecule has 1 rings (SSSR count). The molecule has 0 aliphatic rings. The van der Waals surface area contributed by atoms with Crippen molar-refractivity contribution >= 4 is 22.0 Å². The van der Waals surface area contributed by atoms with Gasteiger partial charge < -0.3 is 24.0 Å². The van der Waals surface area contributed by atoms with Crippen LogP contribution >= 0.6 is 0 Å². The Kier molecular flexibility index (Phi) is 12.5. The Morgan fingerprint density at radius 3 is 1.76 bits per heavy atom. The van der Waals surface area contributed by atoms with Crippen molar-refractivity contribution in [1.29, 1.82) is 0 Å². The van der Waals surface area contributed by atoms with Gasteiger partial charge in [0.15, 0.2) is 0 Å². The van der Waals surface area contributed by atoms with Gasteiger partial charge in [-0.3, -0.25) is 0 Å². The fourth-order valence-corrected chi connectivity index (χ4v) is 19.3. The second-order valence-electron chi connectivity index (χ2n) is 6.35. The molecule has 3 heteroatoms. The van der Waals surface area contributed by atoms with Gasteiger partial charge in [-0.25, -0.2) is 0 Å². The van der Waals surface area contributed by atoms with Crippen LogP contribution in [0.5, 0.6) is 0 Å². The molecule has 0 fully saturated rings. The molecule has 0 aromatic carbocycles. The zero-order valence-electron chi connectivity index (χ0n) is 14.5. The maximum Gasteiger partial charge on any atom is -1.00 e. The van der Waals surface area contributed by atoms with Gasteiger partial charge in [0.1, 0.15) is 0 Å². The molecule has 0 atom stereocenters. The van der Waals surface area contributed by atoms with Gasteiger partial charge in [-0.15, -0.1) is 0 Å². The summed E-state index contributed by atoms with van der Waals surface area (Å²) >= 11 is -2.16. The molecule has 0 saturated carbocycles. The second kappa shape index (κ2) is 12.1. The van der Waals surface area contributed by atoms with E-state index in [1.165, 1.54) is 38.5 Å². The Balaban J connectivity index is 0.00000400. The molecule has 122 valence electrons. The number of rotatable bonds is 10. The summed E-state index contributed by atoms with van der Waals surface area (Å²) in [5.41, 5.74) is 0. The Morgan fingerprint density at radius 1 is 0.905 bits per heavy atom. The zero-order valence-corrected chi connectivity index (χ0v) is 19.5. The van der Waals surface area contributed by atoms with Crippen molar-refractivity contribution < 1.29 is 28.5 Å². The smallest absolute Gasteiger partial charge is 1.00 e. The van der Waals surface area contributed by atoms with E-state index < -0.39 is 18.4 Å². The first-order valence-electron chi connectivity index (χ1n) is 8.64. The SMILES string of the molecule is CCC[CH2][Sn]([CH2]CCC)([CH2]CCC)[c]1ccc[n+](C)c1.[I-]. The molecule has 0 aliphatic carbocycles. The third kappa shape index (κ3) is 7.19. The molecule has 0 spiro atoms. The Bertz CT molecular complexity index is 359. The Morgan fingerprint density at radius 2 is 1.38 bits per heavy atom. The van der Waals surface area contributed by atoms with Crippen molar-refractivity contribution in [3.8, 4) is 0 Å². The summed E-state index contributed by atoms with van der Waals surface area (Å²) in [7, 11) is 2.18. The van der Waals surface area contributed by atoms with Crippen LogP contribution < -0.4 is 32.1 Å². The minimum Gasteiger partial charge on any atom is -1.00 e. The minimum absolute atomic E-state index is 0. The molecule has 0 unspecified atom stereocenters. The summed E-state index contributed by atoms with van der Waals surface area (Å²) in [6.45, 7) is 7.05. The predicted molar refractivity (Wildman–Crippen MR) is 92.2 cm³/mol. The molecule has 0 N–H and O–H groups in total. The van der Waals surface area contributed by atoms with Crippen LogP contribution in [0.1, 0.15) is 59.3 Å². The third-order valence-electron chi connectivity index (χ3n) is 4.58. The monoisotopic (exact) mass is 511 g/mol. The summed E-state index contributed by atoms with van der Waals surface area (Å²) in [6.07, 6.45) is 13.0. The van der Waals surface area contributed by atoms with E-state index in [0.717, 1.165) is 0 Å². The number of unbranched alkanes of at least 4 members (excludes halogenated alkanes) is 3. The number of halogens is 1. The Labute approximate surface area is 153 Å². The first-order valence-corrected chi connectivity index (χ1v) is 16.1. The van der Waals surface area contributed by atoms with Gasteiger partial charge in [0.2, 0.25) is 0 Å². The molecule has 0 aliphatic heterocycles. The fourth-order valence-electron chi connectivity index (χ4n) is 3.26. The number of pyridine rings is 1. The second-order valence-corrected chi connectivity index (χ2v) is 19.6. The van der Waals surface area contributed by atoms with Gasteiger partial charge in [0, 0.05) is 0 Å². The number of aryl methyl sites for hydroxylation is 1. The maximum atomic E-state index is 2.46. The average molecular weight is 510 g/mol. The van der Waals surface area contributed by atoms with Crippen LogP contribution in [0.4, 0.5) is 0 Å². The Hall–Kier alpha value is 0.679. The van der Waals surface area contributed by atoms with E-state index in [1.807, 2.05) is 0 Å². The summed E-state index contributed by atoms with van der Waals surface area (Å²) in [5, 5.41) is 0. The fraction of sp³-hybridized carbons (Fsp3) is 0.722. The molecule has 0 bridgehead atoms. The van der Waals surface area contributed by atoms with Crippen LogP contribution in [0.25, 0.3) is 0 Å². The van der Waals surface area contributed by atoms with Crippen LogP contribution in [0, 0.1) is 0 Å². The number of hydrogen-bond donors (Lipinski definition) is 0. The predicted octanol–water partition coefficient (Wildman–Crippen LogP) is 1.57. The van der Waals surface area contributed by atoms with Gasteiger partial charge in [-0.2, -0.15) is 0 Å². The normalized spacial score (nSPS) is 11.2. The molecule has 1 nitrogen and oxygen atoms in total. The molecule has 21 heavy (non-hydrogen) atoms. The largest absolute Gasteiger partial charge is 1.00 e. The summed E-state index contributed by atoms with van der Waals surface area (Å²) < 4.78 is 8.74. The third-order valence-corrected chi connectivity index (χ3v) is 20.1. The summed E-state index contributed by atoms with van der Waals surface area (Å²) in [4.78, 5) is 0. The van der Waals surface area contributed by atoms with Crippen molar-refractivity contribution in [2.24, 2.45) is 7.05 Å². The van der Waals surface area contributed by atoms with Gasteiger partial charge in [0.05, 0.1) is 0 Å².